The van der Waals surface area contributed by atoms with Crippen molar-refractivity contribution < 1.29 is 0 Å². The van der Waals surface area contributed by atoms with Crippen molar-refractivity contribution in [2.45, 2.75) is 31.6 Å². The first-order valence-corrected chi connectivity index (χ1v) is 6.80. The summed E-state index contributed by atoms with van der Waals surface area (Å²) in [5.74, 6) is 1.41. The van der Waals surface area contributed by atoms with Crippen LogP contribution in [-0.2, 0) is 0 Å². The number of aromatic nitrogens is 2. The van der Waals surface area contributed by atoms with Crippen molar-refractivity contribution in [2.75, 3.05) is 0 Å². The molecule has 0 bridgehead atoms. The molecule has 3 rings (SSSR count). The fourth-order valence-electron chi connectivity index (χ4n) is 2.56. The van der Waals surface area contributed by atoms with Crippen LogP contribution in [0.4, 0.5) is 0 Å². The van der Waals surface area contributed by atoms with Crippen molar-refractivity contribution in [1.29, 1.82) is 0 Å². The lowest BCUT2D eigenvalue weighted by Crippen LogP contribution is -2.02. The molecule has 1 aromatic carbocycles. The van der Waals surface area contributed by atoms with Crippen LogP contribution in [0.1, 0.15) is 37.4 Å². The minimum absolute atomic E-state index is 0.492. The van der Waals surface area contributed by atoms with Gasteiger partial charge in [-0.1, -0.05) is 54.8 Å². The average molecular weight is 259 g/mol. The van der Waals surface area contributed by atoms with Gasteiger partial charge in [-0.25, -0.2) is 9.97 Å². The summed E-state index contributed by atoms with van der Waals surface area (Å²) < 4.78 is 0. The Morgan fingerprint density at radius 1 is 1.00 bits per heavy atom. The fraction of sp³-hybridized carbons (Fsp3) is 0.333. The molecule has 1 fully saturated rings. The molecule has 0 atom stereocenters. The van der Waals surface area contributed by atoms with Crippen LogP contribution in [-0.4, -0.2) is 9.97 Å². The minimum Gasteiger partial charge on any atom is -0.232 e. The van der Waals surface area contributed by atoms with E-state index in [0.717, 1.165) is 17.1 Å². The molecule has 1 heterocycles. The Labute approximate surface area is 112 Å². The Bertz CT molecular complexity index is 533. The van der Waals surface area contributed by atoms with Gasteiger partial charge < -0.3 is 0 Å². The van der Waals surface area contributed by atoms with E-state index < -0.39 is 0 Å². The summed E-state index contributed by atoms with van der Waals surface area (Å²) in [6, 6.07) is 12.0. The van der Waals surface area contributed by atoms with Crippen molar-refractivity contribution in [3.8, 4) is 11.3 Å². The molecule has 1 aliphatic rings. The van der Waals surface area contributed by atoms with Crippen LogP contribution >= 0.6 is 11.6 Å². The molecular weight excluding hydrogens is 244 g/mol. The lowest BCUT2D eigenvalue weighted by molar-refractivity contribution is 0.669. The zero-order valence-corrected chi connectivity index (χ0v) is 10.9. The second-order valence-electron chi connectivity index (χ2n) is 4.78. The molecule has 92 valence electrons. The van der Waals surface area contributed by atoms with Crippen LogP contribution in [0.3, 0.4) is 0 Å². The van der Waals surface area contributed by atoms with Gasteiger partial charge in [-0.05, 0) is 12.8 Å². The highest BCUT2D eigenvalue weighted by Gasteiger charge is 2.20. The molecule has 3 heteroatoms. The van der Waals surface area contributed by atoms with E-state index >= 15 is 0 Å². The van der Waals surface area contributed by atoms with Crippen molar-refractivity contribution in [3.05, 3.63) is 47.4 Å². The third kappa shape index (κ3) is 2.39. The van der Waals surface area contributed by atoms with Gasteiger partial charge in [-0.2, -0.15) is 0 Å². The van der Waals surface area contributed by atoms with Gasteiger partial charge in [0, 0.05) is 17.5 Å². The van der Waals surface area contributed by atoms with Crippen LogP contribution in [0.5, 0.6) is 0 Å². The van der Waals surface area contributed by atoms with Crippen LogP contribution in [0.15, 0.2) is 36.4 Å². The number of hydrogen-bond acceptors (Lipinski definition) is 2. The molecule has 0 unspecified atom stereocenters. The maximum atomic E-state index is 6.13. The van der Waals surface area contributed by atoms with Crippen LogP contribution in [0.2, 0.25) is 5.15 Å². The molecule has 18 heavy (non-hydrogen) atoms. The van der Waals surface area contributed by atoms with Gasteiger partial charge >= 0.3 is 0 Å². The topological polar surface area (TPSA) is 25.8 Å². The van der Waals surface area contributed by atoms with E-state index in [9.17, 15) is 0 Å². The third-order valence-electron chi connectivity index (χ3n) is 3.50. The molecule has 0 amide bonds. The molecule has 2 nitrogen and oxygen atoms in total. The molecule has 1 aromatic heterocycles. The summed E-state index contributed by atoms with van der Waals surface area (Å²) in [4.78, 5) is 9.09. The summed E-state index contributed by atoms with van der Waals surface area (Å²) in [6.45, 7) is 0. The molecule has 0 aliphatic heterocycles. The molecule has 1 aliphatic carbocycles. The average Bonchev–Trinajstić information content (AvgIpc) is 2.93. The standard InChI is InChI=1S/C15H15ClN2/c16-14-10-13(11-6-2-1-3-7-11)17-15(18-14)12-8-4-5-9-12/h1-3,6-7,10,12H,4-5,8-9H2. The van der Waals surface area contributed by atoms with E-state index in [2.05, 4.69) is 17.1 Å². The second kappa shape index (κ2) is 5.07. The predicted molar refractivity (Wildman–Crippen MR) is 73.7 cm³/mol. The number of hydrogen-bond donors (Lipinski definition) is 0. The lowest BCUT2D eigenvalue weighted by Gasteiger charge is -2.10. The summed E-state index contributed by atoms with van der Waals surface area (Å²) >= 11 is 6.13. The Morgan fingerprint density at radius 3 is 2.44 bits per heavy atom. The maximum absolute atomic E-state index is 6.13. The highest BCUT2D eigenvalue weighted by atomic mass is 35.5. The van der Waals surface area contributed by atoms with Crippen molar-refractivity contribution in [1.82, 2.24) is 9.97 Å². The first-order valence-electron chi connectivity index (χ1n) is 6.43. The highest BCUT2D eigenvalue weighted by molar-refractivity contribution is 6.29. The number of halogens is 1. The molecule has 1 saturated carbocycles. The highest BCUT2D eigenvalue weighted by Crippen LogP contribution is 2.33. The largest absolute Gasteiger partial charge is 0.232 e. The Balaban J connectivity index is 2.00. The smallest absolute Gasteiger partial charge is 0.133 e. The maximum Gasteiger partial charge on any atom is 0.133 e. The number of rotatable bonds is 2. The van der Waals surface area contributed by atoms with E-state index in [1.54, 1.807) is 0 Å². The predicted octanol–water partition coefficient (Wildman–Crippen LogP) is 4.45. The molecule has 0 radical (unpaired) electrons. The summed E-state index contributed by atoms with van der Waals surface area (Å²) in [5.41, 5.74) is 2.03. The van der Waals surface area contributed by atoms with E-state index in [1.165, 1.54) is 25.7 Å². The first kappa shape index (κ1) is 11.7. The van der Waals surface area contributed by atoms with Gasteiger partial charge in [0.15, 0.2) is 0 Å². The van der Waals surface area contributed by atoms with E-state index in [1.807, 2.05) is 24.3 Å². The zero-order chi connectivity index (χ0) is 12.4. The molecular formula is C15H15ClN2. The number of benzene rings is 1. The first-order chi connectivity index (χ1) is 8.83. The number of nitrogens with zero attached hydrogens (tertiary/aromatic N) is 2. The molecule has 0 N–H and O–H groups in total. The van der Waals surface area contributed by atoms with E-state index in [0.29, 0.717) is 11.1 Å². The van der Waals surface area contributed by atoms with Crippen molar-refractivity contribution >= 4 is 11.6 Å². The zero-order valence-electron chi connectivity index (χ0n) is 10.1. The minimum atomic E-state index is 0.492. The SMILES string of the molecule is Clc1cc(-c2ccccc2)nc(C2CCCC2)n1. The van der Waals surface area contributed by atoms with Gasteiger partial charge in [-0.15, -0.1) is 0 Å². The quantitative estimate of drug-likeness (QED) is 0.744. The van der Waals surface area contributed by atoms with Gasteiger partial charge in [0.05, 0.1) is 5.69 Å². The van der Waals surface area contributed by atoms with Gasteiger partial charge in [0.2, 0.25) is 0 Å². The van der Waals surface area contributed by atoms with Gasteiger partial charge in [0.1, 0.15) is 11.0 Å². The summed E-state index contributed by atoms with van der Waals surface area (Å²) in [5, 5.41) is 0.547. The van der Waals surface area contributed by atoms with Crippen LogP contribution < -0.4 is 0 Å². The van der Waals surface area contributed by atoms with E-state index in [4.69, 9.17) is 16.6 Å². The van der Waals surface area contributed by atoms with Crippen LogP contribution in [0, 0.1) is 0 Å². The van der Waals surface area contributed by atoms with Crippen molar-refractivity contribution in [3.63, 3.8) is 0 Å². The summed E-state index contributed by atoms with van der Waals surface area (Å²) in [6.07, 6.45) is 4.94. The fourth-order valence-corrected chi connectivity index (χ4v) is 2.75. The van der Waals surface area contributed by atoms with Crippen LogP contribution in [0.25, 0.3) is 11.3 Å². The monoisotopic (exact) mass is 258 g/mol. The van der Waals surface area contributed by atoms with E-state index in [-0.39, 0.29) is 0 Å². The summed E-state index contributed by atoms with van der Waals surface area (Å²) in [7, 11) is 0. The Kier molecular flexibility index (Phi) is 3.28. The second-order valence-corrected chi connectivity index (χ2v) is 5.17. The molecule has 0 saturated heterocycles. The Morgan fingerprint density at radius 2 is 1.72 bits per heavy atom. The lowest BCUT2D eigenvalue weighted by atomic mass is 10.1. The molecule has 2 aromatic rings. The Hall–Kier alpha value is -1.41. The van der Waals surface area contributed by atoms with Gasteiger partial charge in [-0.3, -0.25) is 0 Å². The van der Waals surface area contributed by atoms with Crippen molar-refractivity contribution in [2.24, 2.45) is 0 Å². The molecule has 0 spiro atoms. The third-order valence-corrected chi connectivity index (χ3v) is 3.70. The normalized spacial score (nSPS) is 16.1. The van der Waals surface area contributed by atoms with Gasteiger partial charge in [0.25, 0.3) is 0 Å².